The maximum Gasteiger partial charge on any atom is 0.232 e. The van der Waals surface area contributed by atoms with Gasteiger partial charge in [0.15, 0.2) is 0 Å². The predicted molar refractivity (Wildman–Crippen MR) is 63.3 cm³/mol. The van der Waals surface area contributed by atoms with E-state index in [1.165, 1.54) is 11.9 Å². The fourth-order valence-corrected chi connectivity index (χ4v) is 2.65. The van der Waals surface area contributed by atoms with Gasteiger partial charge in [0.25, 0.3) is 0 Å². The van der Waals surface area contributed by atoms with Gasteiger partial charge in [-0.05, 0) is 36.9 Å². The molecule has 0 saturated carbocycles. The lowest BCUT2D eigenvalue weighted by atomic mass is 10.2. The summed E-state index contributed by atoms with van der Waals surface area (Å²) in [6.07, 6.45) is 3.51. The van der Waals surface area contributed by atoms with Crippen LogP contribution in [0.3, 0.4) is 0 Å². The molecule has 1 saturated heterocycles. The first-order valence-corrected chi connectivity index (χ1v) is 6.10. The zero-order valence-electron chi connectivity index (χ0n) is 8.89. The molecule has 1 fully saturated rings. The van der Waals surface area contributed by atoms with Gasteiger partial charge in [0, 0.05) is 23.4 Å². The second kappa shape index (κ2) is 5.16. The Morgan fingerprint density at radius 1 is 1.31 bits per heavy atom. The number of hydrogen-bond acceptors (Lipinski definition) is 3. The van der Waals surface area contributed by atoms with Crippen molar-refractivity contribution in [1.29, 1.82) is 0 Å². The summed E-state index contributed by atoms with van der Waals surface area (Å²) in [7, 11) is 0. The first-order valence-electron chi connectivity index (χ1n) is 5.33. The highest BCUT2D eigenvalue weighted by Gasteiger charge is 2.18. The van der Waals surface area contributed by atoms with Crippen LogP contribution in [0.15, 0.2) is 29.2 Å². The molecule has 1 aliphatic heterocycles. The highest BCUT2D eigenvalue weighted by molar-refractivity contribution is 7.97. The number of benzene rings is 1. The molecule has 0 radical (unpaired) electrons. The van der Waals surface area contributed by atoms with E-state index >= 15 is 0 Å². The average Bonchev–Trinajstić information content (AvgIpc) is 2.32. The number of nitrogens with zero attached hydrogens (tertiary/aromatic N) is 1. The number of carbonyl (C=O) groups excluding carboxylic acids is 2. The molecule has 1 aromatic carbocycles. The van der Waals surface area contributed by atoms with Gasteiger partial charge in [0.1, 0.15) is 6.29 Å². The van der Waals surface area contributed by atoms with Crippen LogP contribution in [-0.2, 0) is 4.79 Å². The van der Waals surface area contributed by atoms with Crippen molar-refractivity contribution in [2.45, 2.75) is 24.2 Å². The molecule has 0 unspecified atom stereocenters. The number of aldehydes is 1. The summed E-state index contributed by atoms with van der Waals surface area (Å²) in [4.78, 5) is 23.2. The lowest BCUT2D eigenvalue weighted by Gasteiger charge is -2.25. The van der Waals surface area contributed by atoms with Crippen LogP contribution in [0, 0.1) is 0 Å². The standard InChI is InChI=1S/C12H13NO2S/c14-9-10-4-3-5-11(8-10)16-13-7-2-1-6-12(13)15/h3-5,8-9H,1-2,6-7H2. The summed E-state index contributed by atoms with van der Waals surface area (Å²) < 4.78 is 1.79. The zero-order chi connectivity index (χ0) is 11.4. The maximum atomic E-state index is 11.6. The quantitative estimate of drug-likeness (QED) is 0.596. The minimum absolute atomic E-state index is 0.188. The van der Waals surface area contributed by atoms with Crippen molar-refractivity contribution >= 4 is 24.1 Å². The number of piperidine rings is 1. The minimum Gasteiger partial charge on any atom is -0.298 e. The summed E-state index contributed by atoms with van der Waals surface area (Å²) in [5, 5.41) is 0. The molecule has 16 heavy (non-hydrogen) atoms. The Morgan fingerprint density at radius 2 is 2.19 bits per heavy atom. The minimum atomic E-state index is 0.188. The highest BCUT2D eigenvalue weighted by atomic mass is 32.2. The van der Waals surface area contributed by atoms with Crippen LogP contribution in [0.2, 0.25) is 0 Å². The van der Waals surface area contributed by atoms with Crippen LogP contribution in [0.4, 0.5) is 0 Å². The molecule has 1 amide bonds. The molecular formula is C12H13NO2S. The molecule has 0 N–H and O–H groups in total. The van der Waals surface area contributed by atoms with Crippen LogP contribution >= 0.6 is 11.9 Å². The Morgan fingerprint density at radius 3 is 2.94 bits per heavy atom. The van der Waals surface area contributed by atoms with Crippen molar-refractivity contribution in [3.63, 3.8) is 0 Å². The third-order valence-corrected chi connectivity index (χ3v) is 3.56. The van der Waals surface area contributed by atoms with Gasteiger partial charge in [-0.25, -0.2) is 0 Å². The van der Waals surface area contributed by atoms with Crippen LogP contribution in [0.1, 0.15) is 29.6 Å². The molecular weight excluding hydrogens is 222 g/mol. The third-order valence-electron chi connectivity index (χ3n) is 2.49. The fourth-order valence-electron chi connectivity index (χ4n) is 1.65. The molecule has 0 aromatic heterocycles. The van der Waals surface area contributed by atoms with Gasteiger partial charge in [0.2, 0.25) is 5.91 Å². The molecule has 0 atom stereocenters. The fraction of sp³-hybridized carbons (Fsp3) is 0.333. The summed E-state index contributed by atoms with van der Waals surface area (Å²) in [5.74, 6) is 0.188. The zero-order valence-corrected chi connectivity index (χ0v) is 9.70. The van der Waals surface area contributed by atoms with Crippen molar-refractivity contribution < 1.29 is 9.59 Å². The van der Waals surface area contributed by atoms with Crippen LogP contribution in [0.25, 0.3) is 0 Å². The summed E-state index contributed by atoms with van der Waals surface area (Å²) in [5.41, 5.74) is 0.648. The molecule has 1 aromatic rings. The van der Waals surface area contributed by atoms with Gasteiger partial charge in [-0.15, -0.1) is 0 Å². The third kappa shape index (κ3) is 2.64. The van der Waals surface area contributed by atoms with E-state index in [0.717, 1.165) is 30.6 Å². The predicted octanol–water partition coefficient (Wildman–Crippen LogP) is 2.52. The van der Waals surface area contributed by atoms with Gasteiger partial charge >= 0.3 is 0 Å². The Hall–Kier alpha value is -1.29. The van der Waals surface area contributed by atoms with Crippen molar-refractivity contribution in [2.24, 2.45) is 0 Å². The van der Waals surface area contributed by atoms with Crippen molar-refractivity contribution in [1.82, 2.24) is 4.31 Å². The maximum absolute atomic E-state index is 11.6. The molecule has 3 nitrogen and oxygen atoms in total. The number of amides is 1. The second-order valence-electron chi connectivity index (χ2n) is 3.73. The Bertz CT molecular complexity index is 406. The smallest absolute Gasteiger partial charge is 0.232 e. The summed E-state index contributed by atoms with van der Waals surface area (Å²) >= 11 is 1.43. The topological polar surface area (TPSA) is 37.4 Å². The molecule has 2 rings (SSSR count). The SMILES string of the molecule is O=Cc1cccc(SN2CCCCC2=O)c1. The molecule has 84 valence electrons. The van der Waals surface area contributed by atoms with E-state index < -0.39 is 0 Å². The van der Waals surface area contributed by atoms with E-state index in [0.29, 0.717) is 12.0 Å². The summed E-state index contributed by atoms with van der Waals surface area (Å²) in [6.45, 7) is 0.800. The highest BCUT2D eigenvalue weighted by Crippen LogP contribution is 2.27. The van der Waals surface area contributed by atoms with Crippen molar-refractivity contribution in [3.05, 3.63) is 29.8 Å². The molecule has 0 spiro atoms. The van der Waals surface area contributed by atoms with E-state index in [4.69, 9.17) is 0 Å². The van der Waals surface area contributed by atoms with Crippen molar-refractivity contribution in [3.8, 4) is 0 Å². The van der Waals surface area contributed by atoms with Gasteiger partial charge < -0.3 is 0 Å². The van der Waals surface area contributed by atoms with Gasteiger partial charge in [0.05, 0.1) is 0 Å². The Balaban J connectivity index is 2.07. The Kier molecular flexibility index (Phi) is 3.62. The van der Waals surface area contributed by atoms with E-state index in [9.17, 15) is 9.59 Å². The monoisotopic (exact) mass is 235 g/mol. The van der Waals surface area contributed by atoms with Crippen LogP contribution in [0.5, 0.6) is 0 Å². The Labute approximate surface area is 99.0 Å². The number of rotatable bonds is 3. The lowest BCUT2D eigenvalue weighted by Crippen LogP contribution is -2.29. The second-order valence-corrected chi connectivity index (χ2v) is 4.83. The van der Waals surface area contributed by atoms with Gasteiger partial charge in [-0.2, -0.15) is 0 Å². The van der Waals surface area contributed by atoms with E-state index in [2.05, 4.69) is 0 Å². The molecule has 1 heterocycles. The molecule has 1 aliphatic rings. The number of hydrogen-bond donors (Lipinski definition) is 0. The number of carbonyl (C=O) groups is 2. The van der Waals surface area contributed by atoms with E-state index in [1.54, 1.807) is 16.4 Å². The molecule has 4 heteroatoms. The van der Waals surface area contributed by atoms with Gasteiger partial charge in [-0.1, -0.05) is 12.1 Å². The molecule has 0 bridgehead atoms. The average molecular weight is 235 g/mol. The van der Waals surface area contributed by atoms with Crippen LogP contribution < -0.4 is 0 Å². The first-order chi connectivity index (χ1) is 7.79. The normalized spacial score (nSPS) is 16.2. The van der Waals surface area contributed by atoms with E-state index in [1.807, 2.05) is 12.1 Å². The largest absolute Gasteiger partial charge is 0.298 e. The van der Waals surface area contributed by atoms with Gasteiger partial charge in [-0.3, -0.25) is 13.9 Å². The van der Waals surface area contributed by atoms with E-state index in [-0.39, 0.29) is 5.91 Å². The first kappa shape index (κ1) is 11.2. The molecule has 0 aliphatic carbocycles. The lowest BCUT2D eigenvalue weighted by molar-refractivity contribution is -0.127. The van der Waals surface area contributed by atoms with Crippen molar-refractivity contribution in [2.75, 3.05) is 6.54 Å². The summed E-state index contributed by atoms with van der Waals surface area (Å²) in [6, 6.07) is 7.31. The van der Waals surface area contributed by atoms with Crippen LogP contribution in [-0.4, -0.2) is 23.0 Å².